The number of hydrogen-bond acceptors (Lipinski definition) is 6. The molecular weight excluding hydrogens is 264 g/mol. The standard InChI is InChI=1S/C9H10N2O4S2/c1-6(5-10)17(13,14)11-7-3-4-16-8(7)9(12)15-2/h3-4,6,11H,1-2H3. The van der Waals surface area contributed by atoms with E-state index in [4.69, 9.17) is 5.26 Å². The summed E-state index contributed by atoms with van der Waals surface area (Å²) in [5.41, 5.74) is 0.129. The van der Waals surface area contributed by atoms with Gasteiger partial charge in [-0.15, -0.1) is 11.3 Å². The minimum atomic E-state index is -3.81. The molecule has 0 amide bonds. The molecule has 1 aromatic rings. The zero-order chi connectivity index (χ0) is 13.1. The van der Waals surface area contributed by atoms with Gasteiger partial charge in [-0.25, -0.2) is 13.2 Å². The molecule has 1 rings (SSSR count). The van der Waals surface area contributed by atoms with Gasteiger partial charge in [-0.2, -0.15) is 5.26 Å². The average Bonchev–Trinajstić information content (AvgIpc) is 2.74. The predicted molar refractivity (Wildman–Crippen MR) is 63.3 cm³/mol. The van der Waals surface area contributed by atoms with E-state index >= 15 is 0 Å². The van der Waals surface area contributed by atoms with Crippen molar-refractivity contribution in [3.8, 4) is 6.07 Å². The van der Waals surface area contributed by atoms with Crippen LogP contribution in [-0.2, 0) is 14.8 Å². The minimum Gasteiger partial charge on any atom is -0.465 e. The molecule has 0 bridgehead atoms. The van der Waals surface area contributed by atoms with E-state index in [2.05, 4.69) is 9.46 Å². The number of sulfonamides is 1. The van der Waals surface area contributed by atoms with Crippen LogP contribution in [0.1, 0.15) is 16.6 Å². The molecule has 1 aromatic heterocycles. The molecule has 6 nitrogen and oxygen atoms in total. The molecular formula is C9H10N2O4S2. The molecule has 1 N–H and O–H groups in total. The predicted octanol–water partition coefficient (Wildman–Crippen LogP) is 1.19. The molecule has 0 saturated carbocycles. The summed E-state index contributed by atoms with van der Waals surface area (Å²) in [5.74, 6) is -0.623. The smallest absolute Gasteiger partial charge is 0.350 e. The molecule has 0 aliphatic heterocycles. The fraction of sp³-hybridized carbons (Fsp3) is 0.333. The fourth-order valence-electron chi connectivity index (χ4n) is 0.951. The van der Waals surface area contributed by atoms with Gasteiger partial charge in [-0.3, -0.25) is 4.72 Å². The van der Waals surface area contributed by atoms with Crippen LogP contribution in [0, 0.1) is 11.3 Å². The maximum absolute atomic E-state index is 11.6. The first kappa shape index (κ1) is 13.5. The summed E-state index contributed by atoms with van der Waals surface area (Å²) in [5, 5.41) is 8.92. The van der Waals surface area contributed by atoms with Crippen molar-refractivity contribution in [1.29, 1.82) is 5.26 Å². The molecule has 1 atom stereocenters. The lowest BCUT2D eigenvalue weighted by molar-refractivity contribution is 0.0607. The van der Waals surface area contributed by atoms with Crippen molar-refractivity contribution < 1.29 is 17.9 Å². The van der Waals surface area contributed by atoms with Crippen molar-refractivity contribution in [1.82, 2.24) is 0 Å². The Bertz CT molecular complexity index is 556. The van der Waals surface area contributed by atoms with E-state index < -0.39 is 21.2 Å². The van der Waals surface area contributed by atoms with E-state index in [9.17, 15) is 13.2 Å². The molecule has 8 heteroatoms. The number of anilines is 1. The highest BCUT2D eigenvalue weighted by Crippen LogP contribution is 2.24. The number of carbonyl (C=O) groups excluding carboxylic acids is 1. The third kappa shape index (κ3) is 2.95. The van der Waals surface area contributed by atoms with Crippen LogP contribution in [0.15, 0.2) is 11.4 Å². The summed E-state index contributed by atoms with van der Waals surface area (Å²) in [6.45, 7) is 1.26. The topological polar surface area (TPSA) is 96.3 Å². The van der Waals surface area contributed by atoms with Gasteiger partial charge >= 0.3 is 5.97 Å². The molecule has 0 aliphatic rings. The highest BCUT2D eigenvalue weighted by molar-refractivity contribution is 7.93. The molecule has 0 fully saturated rings. The molecule has 0 radical (unpaired) electrons. The van der Waals surface area contributed by atoms with E-state index in [1.54, 1.807) is 11.4 Å². The molecule has 0 spiro atoms. The van der Waals surface area contributed by atoms with Gasteiger partial charge in [-0.05, 0) is 18.4 Å². The number of esters is 1. The minimum absolute atomic E-state index is 0.129. The number of carbonyl (C=O) groups is 1. The summed E-state index contributed by atoms with van der Waals surface area (Å²) in [6, 6.07) is 3.06. The highest BCUT2D eigenvalue weighted by atomic mass is 32.2. The second-order valence-corrected chi connectivity index (χ2v) is 5.99. The summed E-state index contributed by atoms with van der Waals surface area (Å²) in [7, 11) is -2.60. The summed E-state index contributed by atoms with van der Waals surface area (Å²) >= 11 is 1.06. The highest BCUT2D eigenvalue weighted by Gasteiger charge is 2.23. The monoisotopic (exact) mass is 274 g/mol. The van der Waals surface area contributed by atoms with Crippen molar-refractivity contribution >= 4 is 33.0 Å². The largest absolute Gasteiger partial charge is 0.465 e. The Labute approximate surface area is 103 Å². The molecule has 92 valence electrons. The molecule has 0 aromatic carbocycles. The van der Waals surface area contributed by atoms with Gasteiger partial charge in [0.25, 0.3) is 0 Å². The van der Waals surface area contributed by atoms with Crippen LogP contribution in [0.4, 0.5) is 5.69 Å². The van der Waals surface area contributed by atoms with Gasteiger partial charge in [-0.1, -0.05) is 0 Å². The maximum atomic E-state index is 11.6. The van der Waals surface area contributed by atoms with Gasteiger partial charge in [0.2, 0.25) is 10.0 Å². The van der Waals surface area contributed by atoms with Crippen molar-refractivity contribution in [2.45, 2.75) is 12.2 Å². The molecule has 0 aliphatic carbocycles. The number of rotatable bonds is 4. The van der Waals surface area contributed by atoms with Gasteiger partial charge in [0.15, 0.2) is 5.25 Å². The lowest BCUT2D eigenvalue weighted by atomic mass is 10.4. The summed E-state index contributed by atoms with van der Waals surface area (Å²) in [4.78, 5) is 11.5. The third-order valence-electron chi connectivity index (χ3n) is 1.94. The fourth-order valence-corrected chi connectivity index (χ4v) is 2.57. The lowest BCUT2D eigenvalue weighted by Crippen LogP contribution is -2.24. The van der Waals surface area contributed by atoms with Crippen molar-refractivity contribution in [2.75, 3.05) is 11.8 Å². The van der Waals surface area contributed by atoms with E-state index in [0.717, 1.165) is 11.3 Å². The molecule has 0 saturated heterocycles. The van der Waals surface area contributed by atoms with Gasteiger partial charge < -0.3 is 4.74 Å². The Kier molecular flexibility index (Phi) is 4.09. The molecule has 1 unspecified atom stereocenters. The first-order chi connectivity index (χ1) is 7.92. The summed E-state index contributed by atoms with van der Waals surface area (Å²) in [6.07, 6.45) is 0. The Hall–Kier alpha value is -1.59. The second kappa shape index (κ2) is 5.16. The first-order valence-electron chi connectivity index (χ1n) is 4.49. The SMILES string of the molecule is COC(=O)c1sccc1NS(=O)(=O)C(C)C#N. The van der Waals surface area contributed by atoms with Gasteiger partial charge in [0.05, 0.1) is 18.9 Å². The van der Waals surface area contributed by atoms with E-state index in [1.165, 1.54) is 20.1 Å². The number of hydrogen-bond donors (Lipinski definition) is 1. The van der Waals surface area contributed by atoms with Crippen LogP contribution in [0.5, 0.6) is 0 Å². The van der Waals surface area contributed by atoms with Gasteiger partial charge in [0, 0.05) is 0 Å². The number of nitriles is 1. The van der Waals surface area contributed by atoms with Crippen LogP contribution in [0.3, 0.4) is 0 Å². The van der Waals surface area contributed by atoms with Crippen LogP contribution in [-0.4, -0.2) is 26.7 Å². The zero-order valence-electron chi connectivity index (χ0n) is 9.13. The second-order valence-electron chi connectivity index (χ2n) is 3.07. The average molecular weight is 274 g/mol. The maximum Gasteiger partial charge on any atom is 0.350 e. The number of nitrogens with zero attached hydrogens (tertiary/aromatic N) is 1. The van der Waals surface area contributed by atoms with Crippen LogP contribution < -0.4 is 4.72 Å². The van der Waals surface area contributed by atoms with Crippen molar-refractivity contribution in [3.05, 3.63) is 16.3 Å². The first-order valence-corrected chi connectivity index (χ1v) is 6.92. The van der Waals surface area contributed by atoms with Gasteiger partial charge in [0.1, 0.15) is 4.88 Å². The molecule has 17 heavy (non-hydrogen) atoms. The molecule has 1 heterocycles. The van der Waals surface area contributed by atoms with Crippen LogP contribution in [0.2, 0.25) is 0 Å². The Morgan fingerprint density at radius 2 is 2.29 bits per heavy atom. The Morgan fingerprint density at radius 3 is 2.82 bits per heavy atom. The Balaban J connectivity index is 3.02. The number of nitrogens with one attached hydrogen (secondary N) is 1. The van der Waals surface area contributed by atoms with E-state index in [-0.39, 0.29) is 10.6 Å². The quantitative estimate of drug-likeness (QED) is 0.832. The number of thiophene rings is 1. The van der Waals surface area contributed by atoms with E-state index in [1.807, 2.05) is 0 Å². The third-order valence-corrected chi connectivity index (χ3v) is 4.37. The summed E-state index contributed by atoms with van der Waals surface area (Å²) < 4.78 is 29.9. The number of ether oxygens (including phenoxy) is 1. The number of methoxy groups -OCH3 is 1. The van der Waals surface area contributed by atoms with Crippen LogP contribution >= 0.6 is 11.3 Å². The van der Waals surface area contributed by atoms with Crippen LogP contribution in [0.25, 0.3) is 0 Å². The van der Waals surface area contributed by atoms with Crippen molar-refractivity contribution in [2.24, 2.45) is 0 Å². The lowest BCUT2D eigenvalue weighted by Gasteiger charge is -2.08. The normalized spacial score (nSPS) is 12.5. The van der Waals surface area contributed by atoms with Crippen molar-refractivity contribution in [3.63, 3.8) is 0 Å². The Morgan fingerprint density at radius 1 is 1.65 bits per heavy atom. The zero-order valence-corrected chi connectivity index (χ0v) is 10.8. The van der Waals surface area contributed by atoms with E-state index in [0.29, 0.717) is 0 Å².